The summed E-state index contributed by atoms with van der Waals surface area (Å²) in [5.74, 6) is 0.843. The van der Waals surface area contributed by atoms with E-state index in [-0.39, 0.29) is 11.0 Å². The van der Waals surface area contributed by atoms with Crippen LogP contribution in [0.25, 0.3) is 22.6 Å². The molecule has 0 aliphatic heterocycles. The number of amides is 1. The van der Waals surface area contributed by atoms with Gasteiger partial charge >= 0.3 is 0 Å². The first kappa shape index (κ1) is 23.5. The van der Waals surface area contributed by atoms with Crippen LogP contribution in [0, 0.1) is 0 Å². The number of benzene rings is 4. The molecule has 0 bridgehead atoms. The van der Waals surface area contributed by atoms with Gasteiger partial charge in [-0.3, -0.25) is 10.1 Å². The number of carbonyl (C=O) groups excluding carboxylic acids is 1. The van der Waals surface area contributed by atoms with Crippen LogP contribution in [0.5, 0.6) is 5.75 Å². The minimum atomic E-state index is -0.324. The highest BCUT2D eigenvalue weighted by Crippen LogP contribution is 2.27. The van der Waals surface area contributed by atoms with Crippen molar-refractivity contribution in [1.82, 2.24) is 10.3 Å². The van der Waals surface area contributed by atoms with Crippen molar-refractivity contribution in [2.45, 2.75) is 6.61 Å². The van der Waals surface area contributed by atoms with E-state index < -0.39 is 0 Å². The molecule has 2 N–H and O–H groups in total. The van der Waals surface area contributed by atoms with E-state index in [0.717, 1.165) is 11.1 Å². The molecule has 5 rings (SSSR count). The highest BCUT2D eigenvalue weighted by atomic mass is 35.5. The summed E-state index contributed by atoms with van der Waals surface area (Å²) in [6.45, 7) is 0.456. The molecule has 0 unspecified atom stereocenters. The molecule has 0 saturated heterocycles. The molecule has 8 heteroatoms. The first-order valence-corrected chi connectivity index (χ1v) is 11.9. The minimum absolute atomic E-state index is 0.171. The Morgan fingerprint density at radius 2 is 1.69 bits per heavy atom. The van der Waals surface area contributed by atoms with Crippen LogP contribution in [0.4, 0.5) is 5.69 Å². The summed E-state index contributed by atoms with van der Waals surface area (Å²) in [4.78, 5) is 17.2. The lowest BCUT2D eigenvalue weighted by molar-refractivity contribution is 0.0977. The van der Waals surface area contributed by atoms with E-state index in [1.165, 1.54) is 0 Å². The lowest BCUT2D eigenvalue weighted by atomic mass is 10.2. The van der Waals surface area contributed by atoms with Gasteiger partial charge in [0.15, 0.2) is 10.7 Å². The second-order valence-electron chi connectivity index (χ2n) is 7.92. The van der Waals surface area contributed by atoms with Crippen molar-refractivity contribution in [3.63, 3.8) is 0 Å². The number of halogens is 1. The zero-order valence-corrected chi connectivity index (χ0v) is 20.5. The first-order chi connectivity index (χ1) is 17.5. The first-order valence-electron chi connectivity index (χ1n) is 11.1. The maximum Gasteiger partial charge on any atom is 0.257 e. The highest BCUT2D eigenvalue weighted by molar-refractivity contribution is 7.80. The van der Waals surface area contributed by atoms with Crippen molar-refractivity contribution in [1.29, 1.82) is 0 Å². The van der Waals surface area contributed by atoms with Gasteiger partial charge < -0.3 is 14.5 Å². The number of oxazole rings is 1. The predicted octanol–water partition coefficient (Wildman–Crippen LogP) is 6.85. The van der Waals surface area contributed by atoms with E-state index in [9.17, 15) is 4.79 Å². The van der Waals surface area contributed by atoms with E-state index in [0.29, 0.717) is 45.6 Å². The molecule has 1 amide bonds. The summed E-state index contributed by atoms with van der Waals surface area (Å²) >= 11 is 11.3. The van der Waals surface area contributed by atoms with Crippen molar-refractivity contribution in [2.24, 2.45) is 0 Å². The molecular formula is C28H20ClN3O3S. The van der Waals surface area contributed by atoms with Crippen molar-refractivity contribution >= 4 is 51.6 Å². The van der Waals surface area contributed by atoms with Crippen LogP contribution < -0.4 is 15.4 Å². The number of rotatable bonds is 6. The van der Waals surface area contributed by atoms with Crippen LogP contribution in [-0.2, 0) is 6.61 Å². The molecule has 0 fully saturated rings. The van der Waals surface area contributed by atoms with Gasteiger partial charge in [0.05, 0.1) is 0 Å². The number of carbonyl (C=O) groups is 1. The summed E-state index contributed by atoms with van der Waals surface area (Å²) in [7, 11) is 0. The molecule has 1 heterocycles. The molecule has 0 aliphatic carbocycles. The van der Waals surface area contributed by atoms with Crippen LogP contribution in [-0.4, -0.2) is 16.0 Å². The second kappa shape index (κ2) is 10.6. The average Bonchev–Trinajstić information content (AvgIpc) is 3.32. The summed E-state index contributed by atoms with van der Waals surface area (Å²) < 4.78 is 11.6. The number of hydrogen-bond acceptors (Lipinski definition) is 5. The van der Waals surface area contributed by atoms with Crippen molar-refractivity contribution in [3.8, 4) is 17.2 Å². The zero-order chi connectivity index (χ0) is 24.9. The number of aromatic nitrogens is 1. The lowest BCUT2D eigenvalue weighted by Crippen LogP contribution is -2.34. The maximum absolute atomic E-state index is 12.6. The van der Waals surface area contributed by atoms with Crippen molar-refractivity contribution in [2.75, 3.05) is 5.32 Å². The van der Waals surface area contributed by atoms with E-state index in [2.05, 4.69) is 15.6 Å². The third-order valence-corrected chi connectivity index (χ3v) is 5.78. The Hall–Kier alpha value is -4.20. The Morgan fingerprint density at radius 3 is 2.44 bits per heavy atom. The monoisotopic (exact) mass is 513 g/mol. The summed E-state index contributed by atoms with van der Waals surface area (Å²) in [6, 6.07) is 29.4. The number of hydrogen-bond donors (Lipinski definition) is 2. The Bertz CT molecular complexity index is 1520. The summed E-state index contributed by atoms with van der Waals surface area (Å²) in [6.07, 6.45) is 0. The van der Waals surface area contributed by atoms with E-state index in [1.54, 1.807) is 54.6 Å². The average molecular weight is 514 g/mol. The number of fused-ring (bicyclic) bond motifs is 1. The standard InChI is InChI=1S/C28H20ClN3O3S/c29-21-10-6-20(7-11-21)27-31-24-16-22(12-15-25(24)35-27)30-28(36)32-26(33)19-8-13-23(14-9-19)34-17-18-4-2-1-3-5-18/h1-16H,17H2,(H2,30,32,33,36). The van der Waals surface area contributed by atoms with E-state index in [1.807, 2.05) is 42.5 Å². The van der Waals surface area contributed by atoms with E-state index >= 15 is 0 Å². The van der Waals surface area contributed by atoms with Gasteiger partial charge in [-0.05, 0) is 84.5 Å². The predicted molar refractivity (Wildman–Crippen MR) is 145 cm³/mol. The molecule has 1 aromatic heterocycles. The Kier molecular flexibility index (Phi) is 6.93. The smallest absolute Gasteiger partial charge is 0.257 e. The fourth-order valence-corrected chi connectivity index (χ4v) is 3.84. The number of anilines is 1. The van der Waals surface area contributed by atoms with Gasteiger partial charge in [-0.25, -0.2) is 4.98 Å². The fourth-order valence-electron chi connectivity index (χ4n) is 3.50. The van der Waals surface area contributed by atoms with Crippen LogP contribution in [0.15, 0.2) is 101 Å². The molecule has 4 aromatic carbocycles. The van der Waals surface area contributed by atoms with Gasteiger partial charge in [0.2, 0.25) is 5.89 Å². The van der Waals surface area contributed by atoms with Gasteiger partial charge in [-0.15, -0.1) is 0 Å². The highest BCUT2D eigenvalue weighted by Gasteiger charge is 2.11. The summed E-state index contributed by atoms with van der Waals surface area (Å²) in [5.41, 5.74) is 4.32. The van der Waals surface area contributed by atoms with Gasteiger partial charge in [-0.1, -0.05) is 41.9 Å². The maximum atomic E-state index is 12.6. The Labute approximate surface area is 217 Å². The van der Waals surface area contributed by atoms with Gasteiger partial charge in [-0.2, -0.15) is 0 Å². The van der Waals surface area contributed by atoms with Gasteiger partial charge in [0.1, 0.15) is 17.9 Å². The number of nitrogens with zero attached hydrogens (tertiary/aromatic N) is 1. The molecule has 0 spiro atoms. The molecule has 6 nitrogen and oxygen atoms in total. The Morgan fingerprint density at radius 1 is 0.944 bits per heavy atom. The Balaban J connectivity index is 1.18. The van der Waals surface area contributed by atoms with E-state index in [4.69, 9.17) is 33.0 Å². The molecule has 0 radical (unpaired) electrons. The summed E-state index contributed by atoms with van der Waals surface area (Å²) in [5, 5.41) is 6.52. The lowest BCUT2D eigenvalue weighted by Gasteiger charge is -2.10. The molecule has 178 valence electrons. The molecule has 0 aliphatic rings. The SMILES string of the molecule is O=C(NC(=S)Nc1ccc2oc(-c3ccc(Cl)cc3)nc2c1)c1ccc(OCc2ccccc2)cc1. The normalized spacial score (nSPS) is 10.7. The number of nitrogens with one attached hydrogen (secondary N) is 2. The topological polar surface area (TPSA) is 76.4 Å². The third-order valence-electron chi connectivity index (χ3n) is 5.33. The van der Waals surface area contributed by atoms with Crippen LogP contribution in [0.2, 0.25) is 5.02 Å². The molecule has 0 atom stereocenters. The second-order valence-corrected chi connectivity index (χ2v) is 8.76. The molecule has 5 aromatic rings. The van der Waals surface area contributed by atoms with Crippen molar-refractivity contribution in [3.05, 3.63) is 113 Å². The minimum Gasteiger partial charge on any atom is -0.489 e. The quantitative estimate of drug-likeness (QED) is 0.242. The third kappa shape index (κ3) is 5.71. The fraction of sp³-hybridized carbons (Fsp3) is 0.0357. The van der Waals surface area contributed by atoms with Crippen LogP contribution in [0.1, 0.15) is 15.9 Å². The zero-order valence-electron chi connectivity index (χ0n) is 18.9. The molecule has 0 saturated carbocycles. The van der Waals surface area contributed by atoms with Crippen LogP contribution in [0.3, 0.4) is 0 Å². The number of thiocarbonyl (C=S) groups is 1. The molecule has 36 heavy (non-hydrogen) atoms. The van der Waals surface area contributed by atoms with Gasteiger partial charge in [0, 0.05) is 21.8 Å². The molecular weight excluding hydrogens is 494 g/mol. The van der Waals surface area contributed by atoms with Gasteiger partial charge in [0.25, 0.3) is 5.91 Å². The largest absolute Gasteiger partial charge is 0.489 e. The number of ether oxygens (including phenoxy) is 1. The van der Waals surface area contributed by atoms with Crippen LogP contribution >= 0.6 is 23.8 Å². The van der Waals surface area contributed by atoms with Crippen molar-refractivity contribution < 1.29 is 13.9 Å².